The van der Waals surface area contributed by atoms with E-state index in [-0.39, 0.29) is 5.69 Å². The highest BCUT2D eigenvalue weighted by atomic mass is 16.4. The largest absolute Gasteiger partial charge is 0.477 e. The predicted molar refractivity (Wildman–Crippen MR) is 78.2 cm³/mol. The fourth-order valence-electron chi connectivity index (χ4n) is 2.08. The molecule has 3 aromatic heterocycles. The van der Waals surface area contributed by atoms with E-state index in [0.717, 1.165) is 0 Å². The van der Waals surface area contributed by atoms with Gasteiger partial charge >= 0.3 is 5.97 Å². The lowest BCUT2D eigenvalue weighted by Crippen LogP contribution is -2.18. The maximum Gasteiger partial charge on any atom is 0.354 e. The second-order valence-corrected chi connectivity index (χ2v) is 4.40. The standard InChI is InChI=1S/C14H12N6O2/c1-19-9-4-10(11(19)12(21)22)20(13-15-5-2-6-16-13)14-17-7-3-8-18-14/h2-9H,1H3,(H,21,22). The van der Waals surface area contributed by atoms with Gasteiger partial charge in [0.05, 0.1) is 5.69 Å². The summed E-state index contributed by atoms with van der Waals surface area (Å²) in [6, 6.07) is 5.02. The zero-order valence-corrected chi connectivity index (χ0v) is 11.7. The van der Waals surface area contributed by atoms with Gasteiger partial charge in [0, 0.05) is 38.0 Å². The predicted octanol–water partition coefficient (Wildman–Crippen LogP) is 1.77. The Balaban J connectivity index is 2.21. The van der Waals surface area contributed by atoms with Crippen molar-refractivity contribution in [3.63, 3.8) is 0 Å². The maximum atomic E-state index is 11.5. The van der Waals surface area contributed by atoms with E-state index in [1.54, 1.807) is 56.2 Å². The summed E-state index contributed by atoms with van der Waals surface area (Å²) in [7, 11) is 1.66. The molecular formula is C14H12N6O2. The Bertz CT molecular complexity index is 748. The van der Waals surface area contributed by atoms with Gasteiger partial charge in [0.25, 0.3) is 0 Å². The number of hydrogen-bond donors (Lipinski definition) is 1. The van der Waals surface area contributed by atoms with Crippen molar-refractivity contribution in [2.45, 2.75) is 0 Å². The Kier molecular flexibility index (Phi) is 3.48. The van der Waals surface area contributed by atoms with Crippen molar-refractivity contribution in [1.29, 1.82) is 0 Å². The average Bonchev–Trinajstić information content (AvgIpc) is 2.91. The van der Waals surface area contributed by atoms with Crippen molar-refractivity contribution in [1.82, 2.24) is 24.5 Å². The van der Waals surface area contributed by atoms with Crippen LogP contribution in [-0.2, 0) is 7.05 Å². The molecule has 8 nitrogen and oxygen atoms in total. The fraction of sp³-hybridized carbons (Fsp3) is 0.0714. The molecular weight excluding hydrogens is 284 g/mol. The average molecular weight is 296 g/mol. The van der Waals surface area contributed by atoms with Gasteiger partial charge in [-0.15, -0.1) is 0 Å². The summed E-state index contributed by atoms with van der Waals surface area (Å²) in [5, 5.41) is 9.45. The number of aryl methyl sites for hydroxylation is 1. The van der Waals surface area contributed by atoms with Crippen LogP contribution in [0, 0.1) is 0 Å². The van der Waals surface area contributed by atoms with Crippen LogP contribution in [-0.4, -0.2) is 35.6 Å². The molecule has 3 aromatic rings. The Labute approximate surface area is 125 Å². The van der Waals surface area contributed by atoms with E-state index in [2.05, 4.69) is 19.9 Å². The summed E-state index contributed by atoms with van der Waals surface area (Å²) in [5.74, 6) is -0.468. The van der Waals surface area contributed by atoms with Crippen molar-refractivity contribution in [2.75, 3.05) is 4.90 Å². The van der Waals surface area contributed by atoms with E-state index in [1.165, 1.54) is 9.47 Å². The van der Waals surface area contributed by atoms with Gasteiger partial charge in [-0.25, -0.2) is 29.6 Å². The normalized spacial score (nSPS) is 10.4. The second-order valence-electron chi connectivity index (χ2n) is 4.40. The zero-order chi connectivity index (χ0) is 15.5. The molecule has 8 heteroatoms. The number of nitrogens with zero attached hydrogens (tertiary/aromatic N) is 6. The molecule has 1 N–H and O–H groups in total. The Morgan fingerprint density at radius 3 is 2.00 bits per heavy atom. The molecule has 0 aromatic carbocycles. The minimum Gasteiger partial charge on any atom is -0.477 e. The van der Waals surface area contributed by atoms with Crippen LogP contribution >= 0.6 is 0 Å². The highest BCUT2D eigenvalue weighted by Gasteiger charge is 2.25. The number of carbonyl (C=O) groups is 1. The molecule has 0 aliphatic carbocycles. The number of aromatic nitrogens is 5. The first-order valence-electron chi connectivity index (χ1n) is 6.41. The minimum atomic E-state index is -1.06. The molecule has 3 rings (SSSR count). The summed E-state index contributed by atoms with van der Waals surface area (Å²) < 4.78 is 1.51. The van der Waals surface area contributed by atoms with Crippen LogP contribution in [0.4, 0.5) is 17.6 Å². The molecule has 0 bridgehead atoms. The molecule has 22 heavy (non-hydrogen) atoms. The Hall–Kier alpha value is -3.29. The van der Waals surface area contributed by atoms with Gasteiger partial charge in [0.15, 0.2) is 5.69 Å². The summed E-state index contributed by atoms with van der Waals surface area (Å²) in [6.07, 6.45) is 7.93. The number of aromatic carboxylic acids is 1. The SMILES string of the molecule is Cn1ccc(N(c2ncccn2)c2ncccn2)c1C(=O)O. The molecule has 0 atom stereocenters. The number of anilines is 3. The molecule has 0 saturated carbocycles. The lowest BCUT2D eigenvalue weighted by atomic mass is 10.3. The number of carboxylic acid groups (broad SMARTS) is 1. The van der Waals surface area contributed by atoms with Crippen LogP contribution in [0.3, 0.4) is 0 Å². The summed E-state index contributed by atoms with van der Waals surface area (Å²) in [4.78, 5) is 29.7. The van der Waals surface area contributed by atoms with Crippen LogP contribution in [0.25, 0.3) is 0 Å². The molecule has 0 aliphatic heterocycles. The smallest absolute Gasteiger partial charge is 0.354 e. The molecule has 0 aliphatic rings. The molecule has 0 radical (unpaired) electrons. The first-order valence-corrected chi connectivity index (χ1v) is 6.41. The first kappa shape index (κ1) is 13.7. The van der Waals surface area contributed by atoms with Crippen molar-refractivity contribution < 1.29 is 9.90 Å². The van der Waals surface area contributed by atoms with Gasteiger partial charge in [-0.3, -0.25) is 0 Å². The lowest BCUT2D eigenvalue weighted by molar-refractivity contribution is 0.0687. The van der Waals surface area contributed by atoms with Crippen LogP contribution < -0.4 is 4.90 Å². The van der Waals surface area contributed by atoms with E-state index < -0.39 is 5.97 Å². The minimum absolute atomic E-state index is 0.0971. The van der Waals surface area contributed by atoms with Crippen molar-refractivity contribution >= 4 is 23.6 Å². The van der Waals surface area contributed by atoms with Crippen LogP contribution in [0.5, 0.6) is 0 Å². The number of rotatable bonds is 4. The van der Waals surface area contributed by atoms with Crippen LogP contribution in [0.2, 0.25) is 0 Å². The monoisotopic (exact) mass is 296 g/mol. The van der Waals surface area contributed by atoms with E-state index in [1.807, 2.05) is 0 Å². The molecule has 0 spiro atoms. The third-order valence-corrected chi connectivity index (χ3v) is 3.00. The van der Waals surface area contributed by atoms with E-state index in [9.17, 15) is 9.90 Å². The summed E-state index contributed by atoms with van der Waals surface area (Å²) >= 11 is 0. The Morgan fingerprint density at radius 1 is 1.05 bits per heavy atom. The zero-order valence-electron chi connectivity index (χ0n) is 11.7. The third kappa shape index (κ3) is 2.37. The first-order chi connectivity index (χ1) is 10.7. The van der Waals surface area contributed by atoms with E-state index in [4.69, 9.17) is 0 Å². The second kappa shape index (κ2) is 5.60. The maximum absolute atomic E-state index is 11.5. The quantitative estimate of drug-likeness (QED) is 0.783. The van der Waals surface area contributed by atoms with Crippen LogP contribution in [0.1, 0.15) is 10.5 Å². The summed E-state index contributed by atoms with van der Waals surface area (Å²) in [5.41, 5.74) is 0.493. The highest BCUT2D eigenvalue weighted by molar-refractivity contribution is 5.95. The van der Waals surface area contributed by atoms with Gasteiger partial charge in [-0.05, 0) is 18.2 Å². The van der Waals surface area contributed by atoms with Gasteiger partial charge in [0.2, 0.25) is 11.9 Å². The van der Waals surface area contributed by atoms with Crippen LogP contribution in [0.15, 0.2) is 49.2 Å². The molecule has 0 unspecified atom stereocenters. The summed E-state index contributed by atoms with van der Waals surface area (Å²) in [6.45, 7) is 0. The highest BCUT2D eigenvalue weighted by Crippen LogP contribution is 2.32. The molecule has 0 amide bonds. The molecule has 0 fully saturated rings. The van der Waals surface area contributed by atoms with E-state index >= 15 is 0 Å². The third-order valence-electron chi connectivity index (χ3n) is 3.00. The van der Waals surface area contributed by atoms with E-state index in [0.29, 0.717) is 17.6 Å². The topological polar surface area (TPSA) is 97.0 Å². The van der Waals surface area contributed by atoms with Gasteiger partial charge < -0.3 is 9.67 Å². The molecule has 0 saturated heterocycles. The van der Waals surface area contributed by atoms with Crippen molar-refractivity contribution in [3.8, 4) is 0 Å². The van der Waals surface area contributed by atoms with Gasteiger partial charge in [0.1, 0.15) is 0 Å². The lowest BCUT2D eigenvalue weighted by Gasteiger charge is -2.19. The molecule has 110 valence electrons. The van der Waals surface area contributed by atoms with Crippen molar-refractivity contribution in [3.05, 3.63) is 54.9 Å². The van der Waals surface area contributed by atoms with Gasteiger partial charge in [-0.2, -0.15) is 0 Å². The van der Waals surface area contributed by atoms with Gasteiger partial charge in [-0.1, -0.05) is 0 Å². The Morgan fingerprint density at radius 2 is 1.55 bits per heavy atom. The number of hydrogen-bond acceptors (Lipinski definition) is 6. The fourth-order valence-corrected chi connectivity index (χ4v) is 2.08. The van der Waals surface area contributed by atoms with Crippen molar-refractivity contribution in [2.24, 2.45) is 7.05 Å². The number of carboxylic acids is 1. The molecule has 3 heterocycles.